The summed E-state index contributed by atoms with van der Waals surface area (Å²) in [5.74, 6) is -0.862. The van der Waals surface area contributed by atoms with E-state index in [4.69, 9.17) is 5.11 Å². The number of carboxylic acids is 1. The summed E-state index contributed by atoms with van der Waals surface area (Å²) in [7, 11) is 3.66. The minimum atomic E-state index is -0.862. The maximum atomic E-state index is 11.1. The van der Waals surface area contributed by atoms with Crippen LogP contribution in [0.25, 0.3) is 10.9 Å². The molecule has 1 atom stereocenters. The maximum absolute atomic E-state index is 11.1. The summed E-state index contributed by atoms with van der Waals surface area (Å²) in [4.78, 5) is 11.1. The number of aromatic nitrogens is 1. The Morgan fingerprint density at radius 3 is 2.71 bits per heavy atom. The number of carbonyl (C=O) groups is 1. The predicted molar refractivity (Wildman–Crippen MR) is 67.1 cm³/mol. The molecule has 0 fully saturated rings. The summed E-state index contributed by atoms with van der Waals surface area (Å²) in [5, 5.41) is 13.0. The Labute approximate surface area is 99.9 Å². The molecule has 0 amide bonds. The molecule has 0 bridgehead atoms. The van der Waals surface area contributed by atoms with Gasteiger partial charge in [-0.15, -0.1) is 0 Å². The molecule has 0 spiro atoms. The van der Waals surface area contributed by atoms with Crippen LogP contribution in [-0.4, -0.2) is 22.7 Å². The van der Waals surface area contributed by atoms with Gasteiger partial charge in [-0.1, -0.05) is 6.07 Å². The molecule has 0 saturated carbocycles. The van der Waals surface area contributed by atoms with E-state index < -0.39 is 12.0 Å². The van der Waals surface area contributed by atoms with Gasteiger partial charge in [0.25, 0.3) is 0 Å². The number of nitrogens with one attached hydrogen (secondary N) is 1. The van der Waals surface area contributed by atoms with Crippen molar-refractivity contribution in [3.05, 3.63) is 35.5 Å². The van der Waals surface area contributed by atoms with Crippen LogP contribution in [0.2, 0.25) is 0 Å². The summed E-state index contributed by atoms with van der Waals surface area (Å²) in [6, 6.07) is 7.16. The summed E-state index contributed by atoms with van der Waals surface area (Å²) < 4.78 is 2.09. The smallest absolute Gasteiger partial charge is 0.325 e. The van der Waals surface area contributed by atoms with Gasteiger partial charge in [0, 0.05) is 23.6 Å². The van der Waals surface area contributed by atoms with Crippen LogP contribution >= 0.6 is 0 Å². The number of benzene rings is 1. The molecule has 2 N–H and O–H groups in total. The fourth-order valence-corrected chi connectivity index (χ4v) is 2.12. The lowest BCUT2D eigenvalue weighted by molar-refractivity contribution is -0.139. The molecule has 1 heterocycles. The predicted octanol–water partition coefficient (Wildman–Crippen LogP) is 1.83. The van der Waals surface area contributed by atoms with Crippen LogP contribution in [0.5, 0.6) is 0 Å². The SMILES string of the molecule is CNC(C(=O)O)c1ccc2c(c1)cc(C)n2C. The fraction of sp³-hybridized carbons (Fsp3) is 0.308. The first-order chi connectivity index (χ1) is 8.04. The fourth-order valence-electron chi connectivity index (χ4n) is 2.12. The molecule has 2 aromatic rings. The molecule has 1 unspecified atom stereocenters. The normalized spacial score (nSPS) is 12.9. The molecule has 4 nitrogen and oxygen atoms in total. The average molecular weight is 232 g/mol. The van der Waals surface area contributed by atoms with Gasteiger partial charge >= 0.3 is 5.97 Å². The van der Waals surface area contributed by atoms with Crippen LogP contribution in [-0.2, 0) is 11.8 Å². The second kappa shape index (κ2) is 4.22. The number of carboxylic acid groups (broad SMARTS) is 1. The second-order valence-electron chi connectivity index (χ2n) is 4.22. The van der Waals surface area contributed by atoms with E-state index in [0.29, 0.717) is 0 Å². The third-order valence-corrected chi connectivity index (χ3v) is 3.18. The first-order valence-corrected chi connectivity index (χ1v) is 5.50. The van der Waals surface area contributed by atoms with Crippen molar-refractivity contribution < 1.29 is 9.90 Å². The number of nitrogens with zero attached hydrogens (tertiary/aromatic N) is 1. The van der Waals surface area contributed by atoms with Crippen molar-refractivity contribution in [2.45, 2.75) is 13.0 Å². The Bertz CT molecular complexity index is 572. The number of aryl methyl sites for hydroxylation is 2. The third-order valence-electron chi connectivity index (χ3n) is 3.18. The van der Waals surface area contributed by atoms with Crippen LogP contribution in [0.1, 0.15) is 17.3 Å². The highest BCUT2D eigenvalue weighted by atomic mass is 16.4. The Hall–Kier alpha value is -1.81. The zero-order chi connectivity index (χ0) is 12.6. The van der Waals surface area contributed by atoms with Crippen molar-refractivity contribution in [1.29, 1.82) is 0 Å². The Morgan fingerprint density at radius 2 is 2.12 bits per heavy atom. The minimum absolute atomic E-state index is 0.653. The molecule has 4 heteroatoms. The highest BCUT2D eigenvalue weighted by molar-refractivity contribution is 5.84. The monoisotopic (exact) mass is 232 g/mol. The van der Waals surface area contributed by atoms with Crippen molar-refractivity contribution in [1.82, 2.24) is 9.88 Å². The van der Waals surface area contributed by atoms with E-state index in [2.05, 4.69) is 16.0 Å². The first kappa shape index (κ1) is 11.7. The van der Waals surface area contributed by atoms with E-state index in [0.717, 1.165) is 22.2 Å². The summed E-state index contributed by atoms with van der Waals surface area (Å²) in [6.45, 7) is 2.03. The molecule has 0 radical (unpaired) electrons. The molecule has 17 heavy (non-hydrogen) atoms. The third kappa shape index (κ3) is 1.91. The molecule has 0 aliphatic carbocycles. The van der Waals surface area contributed by atoms with Crippen LogP contribution < -0.4 is 5.32 Å². The standard InChI is InChI=1S/C13H16N2O2/c1-8-6-10-7-9(12(14-2)13(16)17)4-5-11(10)15(8)3/h4-7,12,14H,1-3H3,(H,16,17). The molecule has 90 valence electrons. The average Bonchev–Trinajstić information content (AvgIpc) is 2.55. The molecule has 1 aromatic heterocycles. The van der Waals surface area contributed by atoms with E-state index in [9.17, 15) is 4.79 Å². The number of hydrogen-bond donors (Lipinski definition) is 2. The van der Waals surface area contributed by atoms with Gasteiger partial charge in [0.05, 0.1) is 0 Å². The van der Waals surface area contributed by atoms with Gasteiger partial charge in [-0.05, 0) is 37.7 Å². The Kier molecular flexibility index (Phi) is 2.90. The molecule has 0 aliphatic rings. The van der Waals surface area contributed by atoms with Crippen LogP contribution in [0, 0.1) is 6.92 Å². The van der Waals surface area contributed by atoms with Gasteiger partial charge in [0.15, 0.2) is 0 Å². The zero-order valence-electron chi connectivity index (χ0n) is 10.2. The molecule has 2 rings (SSSR count). The quantitative estimate of drug-likeness (QED) is 0.849. The first-order valence-electron chi connectivity index (χ1n) is 5.50. The zero-order valence-corrected chi connectivity index (χ0v) is 10.2. The summed E-state index contributed by atoms with van der Waals surface area (Å²) in [5.41, 5.74) is 3.05. The largest absolute Gasteiger partial charge is 0.480 e. The number of fused-ring (bicyclic) bond motifs is 1. The number of aliphatic carboxylic acids is 1. The molecular formula is C13H16N2O2. The van der Waals surface area contributed by atoms with Crippen molar-refractivity contribution in [3.8, 4) is 0 Å². The molecular weight excluding hydrogens is 216 g/mol. The van der Waals surface area contributed by atoms with Crippen molar-refractivity contribution in [3.63, 3.8) is 0 Å². The van der Waals surface area contributed by atoms with Crippen molar-refractivity contribution >= 4 is 16.9 Å². The maximum Gasteiger partial charge on any atom is 0.325 e. The van der Waals surface area contributed by atoms with E-state index in [-0.39, 0.29) is 0 Å². The summed E-state index contributed by atoms with van der Waals surface area (Å²) >= 11 is 0. The van der Waals surface area contributed by atoms with Gasteiger partial charge in [0.1, 0.15) is 6.04 Å². The minimum Gasteiger partial charge on any atom is -0.480 e. The second-order valence-corrected chi connectivity index (χ2v) is 4.22. The van der Waals surface area contributed by atoms with E-state index in [1.807, 2.05) is 32.2 Å². The number of hydrogen-bond acceptors (Lipinski definition) is 2. The lowest BCUT2D eigenvalue weighted by atomic mass is 10.1. The molecule has 0 saturated heterocycles. The van der Waals surface area contributed by atoms with Crippen LogP contribution in [0.15, 0.2) is 24.3 Å². The van der Waals surface area contributed by atoms with Crippen LogP contribution in [0.3, 0.4) is 0 Å². The highest BCUT2D eigenvalue weighted by Crippen LogP contribution is 2.23. The van der Waals surface area contributed by atoms with E-state index in [1.54, 1.807) is 7.05 Å². The van der Waals surface area contributed by atoms with Gasteiger partial charge < -0.3 is 15.0 Å². The van der Waals surface area contributed by atoms with E-state index in [1.165, 1.54) is 0 Å². The van der Waals surface area contributed by atoms with Gasteiger partial charge in [0.2, 0.25) is 0 Å². The van der Waals surface area contributed by atoms with E-state index >= 15 is 0 Å². The number of likely N-dealkylation sites (N-methyl/N-ethyl adjacent to an activating group) is 1. The molecule has 1 aromatic carbocycles. The molecule has 0 aliphatic heterocycles. The Morgan fingerprint density at radius 1 is 1.41 bits per heavy atom. The highest BCUT2D eigenvalue weighted by Gasteiger charge is 2.17. The van der Waals surface area contributed by atoms with Gasteiger partial charge in [-0.25, -0.2) is 0 Å². The van der Waals surface area contributed by atoms with Gasteiger partial charge in [-0.3, -0.25) is 4.79 Å². The lowest BCUT2D eigenvalue weighted by Crippen LogP contribution is -2.24. The van der Waals surface area contributed by atoms with Crippen LogP contribution in [0.4, 0.5) is 0 Å². The topological polar surface area (TPSA) is 54.3 Å². The number of rotatable bonds is 3. The van der Waals surface area contributed by atoms with Crippen molar-refractivity contribution in [2.24, 2.45) is 7.05 Å². The Balaban J connectivity index is 2.54. The van der Waals surface area contributed by atoms with Crippen molar-refractivity contribution in [2.75, 3.05) is 7.05 Å². The lowest BCUT2D eigenvalue weighted by Gasteiger charge is -2.11. The van der Waals surface area contributed by atoms with Gasteiger partial charge in [-0.2, -0.15) is 0 Å². The summed E-state index contributed by atoms with van der Waals surface area (Å²) in [6.07, 6.45) is 0.